The van der Waals surface area contributed by atoms with Gasteiger partial charge in [-0.2, -0.15) is 0 Å². The molecule has 0 saturated carbocycles. The molecule has 2 aliphatic rings. The Hall–Kier alpha value is -3.05. The summed E-state index contributed by atoms with van der Waals surface area (Å²) < 4.78 is 6.40. The van der Waals surface area contributed by atoms with Crippen molar-refractivity contribution >= 4 is 23.4 Å². The first kappa shape index (κ1) is 22.2. The van der Waals surface area contributed by atoms with Crippen LogP contribution in [-0.2, 0) is 21.4 Å². The fraction of sp³-hybridized carbons (Fsp3) is 0.370. The van der Waals surface area contributed by atoms with Crippen LogP contribution in [0.15, 0.2) is 60.7 Å². The second-order valence-corrected chi connectivity index (χ2v) is 9.27. The molecule has 2 aromatic carbocycles. The minimum Gasteiger partial charge on any atom is -0.481 e. The predicted molar refractivity (Wildman–Crippen MR) is 130 cm³/mol. The summed E-state index contributed by atoms with van der Waals surface area (Å²) in [4.78, 5) is 15.4. The molecule has 0 amide bonds. The second-order valence-electron chi connectivity index (χ2n) is 9.27. The standard InChI is InChI=1S/C27H32N2O3/c1-26(2)23-14-10-21(11-15-25(30)31)19-24(23)29-17-18-32-27(26,29)16-6-5-7-20-8-12-22(13-9-20)28(3)4/h5-10,12-14,16,19H,11,15,17-18H2,1-4H3,(H,30,31). The van der Waals surface area contributed by atoms with Gasteiger partial charge in [0, 0.05) is 43.9 Å². The van der Waals surface area contributed by atoms with Crippen molar-refractivity contribution in [2.24, 2.45) is 0 Å². The number of nitrogens with zero attached hydrogens (tertiary/aromatic N) is 2. The molecule has 2 heterocycles. The summed E-state index contributed by atoms with van der Waals surface area (Å²) in [5.74, 6) is -0.768. The van der Waals surface area contributed by atoms with Gasteiger partial charge in [0.15, 0.2) is 5.72 Å². The largest absolute Gasteiger partial charge is 0.481 e. The molecular weight excluding hydrogens is 400 g/mol. The third-order valence-corrected chi connectivity index (χ3v) is 6.72. The highest BCUT2D eigenvalue weighted by Crippen LogP contribution is 2.55. The maximum atomic E-state index is 11.0. The molecule has 2 aliphatic heterocycles. The average Bonchev–Trinajstić information content (AvgIpc) is 3.27. The first-order valence-electron chi connectivity index (χ1n) is 11.1. The monoisotopic (exact) mass is 432 g/mol. The number of carboxylic acid groups (broad SMARTS) is 1. The molecule has 168 valence electrons. The third kappa shape index (κ3) is 3.82. The summed E-state index contributed by atoms with van der Waals surface area (Å²) in [7, 11) is 4.08. The molecule has 1 N–H and O–H groups in total. The van der Waals surface area contributed by atoms with E-state index < -0.39 is 11.7 Å². The molecular formula is C27H32N2O3. The number of carbonyl (C=O) groups is 1. The summed E-state index contributed by atoms with van der Waals surface area (Å²) in [5, 5.41) is 9.04. The van der Waals surface area contributed by atoms with Crippen molar-refractivity contribution in [3.05, 3.63) is 77.4 Å². The fourth-order valence-corrected chi connectivity index (χ4v) is 4.87. The van der Waals surface area contributed by atoms with Crippen molar-refractivity contribution in [1.82, 2.24) is 0 Å². The Morgan fingerprint density at radius 3 is 2.59 bits per heavy atom. The fourth-order valence-electron chi connectivity index (χ4n) is 4.87. The molecule has 0 spiro atoms. The van der Waals surface area contributed by atoms with Gasteiger partial charge in [0.2, 0.25) is 0 Å². The summed E-state index contributed by atoms with van der Waals surface area (Å²) in [6.07, 6.45) is 9.10. The van der Waals surface area contributed by atoms with Crippen LogP contribution in [0, 0.1) is 0 Å². The Morgan fingerprint density at radius 1 is 1.16 bits per heavy atom. The number of ether oxygens (including phenoxy) is 1. The maximum Gasteiger partial charge on any atom is 0.303 e. The van der Waals surface area contributed by atoms with Gasteiger partial charge in [-0.15, -0.1) is 0 Å². The maximum absolute atomic E-state index is 11.0. The average molecular weight is 433 g/mol. The normalized spacial score (nSPS) is 21.3. The van der Waals surface area contributed by atoms with Crippen LogP contribution in [0.3, 0.4) is 0 Å². The van der Waals surface area contributed by atoms with E-state index in [1.54, 1.807) is 0 Å². The van der Waals surface area contributed by atoms with Crippen LogP contribution in [0.5, 0.6) is 0 Å². The molecule has 1 atom stereocenters. The van der Waals surface area contributed by atoms with E-state index in [4.69, 9.17) is 9.84 Å². The highest BCUT2D eigenvalue weighted by molar-refractivity contribution is 5.70. The Kier molecular flexibility index (Phi) is 5.87. The van der Waals surface area contributed by atoms with E-state index >= 15 is 0 Å². The van der Waals surface area contributed by atoms with Gasteiger partial charge in [-0.3, -0.25) is 4.79 Å². The molecule has 1 fully saturated rings. The Bertz CT molecular complexity index is 1050. The van der Waals surface area contributed by atoms with Gasteiger partial charge in [-0.05, 0) is 47.4 Å². The molecule has 4 rings (SSSR count). The highest BCUT2D eigenvalue weighted by atomic mass is 16.5. The zero-order chi connectivity index (χ0) is 22.9. The Morgan fingerprint density at radius 2 is 1.91 bits per heavy atom. The van der Waals surface area contributed by atoms with Crippen LogP contribution < -0.4 is 9.80 Å². The van der Waals surface area contributed by atoms with Crippen molar-refractivity contribution in [1.29, 1.82) is 0 Å². The van der Waals surface area contributed by atoms with Gasteiger partial charge >= 0.3 is 5.97 Å². The van der Waals surface area contributed by atoms with Crippen molar-refractivity contribution < 1.29 is 14.6 Å². The van der Waals surface area contributed by atoms with Crippen molar-refractivity contribution in [3.63, 3.8) is 0 Å². The van der Waals surface area contributed by atoms with Gasteiger partial charge in [-0.1, -0.05) is 56.3 Å². The number of benzene rings is 2. The van der Waals surface area contributed by atoms with Gasteiger partial charge in [-0.25, -0.2) is 0 Å². The highest BCUT2D eigenvalue weighted by Gasteiger charge is 2.59. The van der Waals surface area contributed by atoms with Crippen LogP contribution >= 0.6 is 0 Å². The number of rotatable bonds is 7. The van der Waals surface area contributed by atoms with Crippen molar-refractivity contribution in [3.8, 4) is 0 Å². The molecule has 5 heteroatoms. The quantitative estimate of drug-likeness (QED) is 0.633. The smallest absolute Gasteiger partial charge is 0.303 e. The zero-order valence-electron chi connectivity index (χ0n) is 19.3. The number of aryl methyl sites for hydroxylation is 1. The van der Waals surface area contributed by atoms with Crippen LogP contribution in [0.2, 0.25) is 0 Å². The molecule has 0 aliphatic carbocycles. The lowest BCUT2D eigenvalue weighted by Gasteiger charge is -2.39. The number of hydrogen-bond acceptors (Lipinski definition) is 4. The summed E-state index contributed by atoms with van der Waals surface area (Å²) in [6, 6.07) is 14.8. The molecule has 32 heavy (non-hydrogen) atoms. The van der Waals surface area contributed by atoms with Gasteiger partial charge < -0.3 is 19.6 Å². The number of carboxylic acids is 1. The first-order chi connectivity index (χ1) is 15.2. The van der Waals surface area contributed by atoms with Crippen LogP contribution in [0.4, 0.5) is 11.4 Å². The first-order valence-corrected chi connectivity index (χ1v) is 11.1. The van der Waals surface area contributed by atoms with Gasteiger partial charge in [0.1, 0.15) is 0 Å². The Balaban J connectivity index is 1.57. The van der Waals surface area contributed by atoms with Crippen molar-refractivity contribution in [2.45, 2.75) is 37.8 Å². The van der Waals surface area contributed by atoms with E-state index in [1.807, 2.05) is 14.1 Å². The van der Waals surface area contributed by atoms with E-state index in [2.05, 4.69) is 90.4 Å². The summed E-state index contributed by atoms with van der Waals surface area (Å²) in [5.41, 5.74) is 5.00. The van der Waals surface area contributed by atoms with Crippen LogP contribution in [0.25, 0.3) is 6.08 Å². The third-order valence-electron chi connectivity index (χ3n) is 6.72. The van der Waals surface area contributed by atoms with Crippen LogP contribution in [-0.4, -0.2) is 44.0 Å². The predicted octanol–water partition coefficient (Wildman–Crippen LogP) is 4.86. The van der Waals surface area contributed by atoms with E-state index in [0.29, 0.717) is 13.0 Å². The number of allylic oxidation sites excluding steroid dienone is 2. The molecule has 0 bridgehead atoms. The minimum absolute atomic E-state index is 0.143. The SMILES string of the molecule is CN(C)c1ccc(C=CC=CC23OCCN2c2cc(CCC(=O)O)ccc2C3(C)C)cc1. The summed E-state index contributed by atoms with van der Waals surface area (Å²) in [6.45, 7) is 5.94. The molecule has 1 unspecified atom stereocenters. The van der Waals surface area contributed by atoms with E-state index in [0.717, 1.165) is 23.4 Å². The molecule has 0 aromatic heterocycles. The number of aliphatic carboxylic acids is 1. The number of anilines is 2. The molecule has 5 nitrogen and oxygen atoms in total. The van der Waals surface area contributed by atoms with Gasteiger partial charge in [0.05, 0.1) is 6.61 Å². The number of hydrogen-bond donors (Lipinski definition) is 1. The minimum atomic E-state index is -0.768. The van der Waals surface area contributed by atoms with Crippen molar-refractivity contribution in [2.75, 3.05) is 37.0 Å². The second kappa shape index (κ2) is 8.47. The van der Waals surface area contributed by atoms with E-state index in [9.17, 15) is 4.79 Å². The van der Waals surface area contributed by atoms with Gasteiger partial charge in [0.25, 0.3) is 0 Å². The zero-order valence-corrected chi connectivity index (χ0v) is 19.3. The molecule has 1 saturated heterocycles. The lowest BCUT2D eigenvalue weighted by atomic mass is 9.77. The number of fused-ring (bicyclic) bond motifs is 3. The molecule has 0 radical (unpaired) electrons. The lowest BCUT2D eigenvalue weighted by molar-refractivity contribution is -0.136. The Labute approximate surface area is 190 Å². The van der Waals surface area contributed by atoms with E-state index in [1.165, 1.54) is 11.3 Å². The topological polar surface area (TPSA) is 53.0 Å². The summed E-state index contributed by atoms with van der Waals surface area (Å²) >= 11 is 0. The molecule has 2 aromatic rings. The van der Waals surface area contributed by atoms with E-state index in [-0.39, 0.29) is 11.8 Å². The lowest BCUT2D eigenvalue weighted by Crippen LogP contribution is -2.51. The van der Waals surface area contributed by atoms with Crippen LogP contribution in [0.1, 0.15) is 37.0 Å².